The Bertz CT molecular complexity index is 1200. The second-order valence-corrected chi connectivity index (χ2v) is 7.22. The van der Waals surface area contributed by atoms with Gasteiger partial charge in [0.2, 0.25) is 11.8 Å². The van der Waals surface area contributed by atoms with Crippen LogP contribution in [0.1, 0.15) is 18.3 Å². The molecule has 0 spiro atoms. The van der Waals surface area contributed by atoms with Crippen LogP contribution in [0.3, 0.4) is 0 Å². The van der Waals surface area contributed by atoms with Gasteiger partial charge >= 0.3 is 0 Å². The van der Waals surface area contributed by atoms with Crippen LogP contribution in [0.25, 0.3) is 22.3 Å². The number of fused-ring (bicyclic) bond motifs is 1. The van der Waals surface area contributed by atoms with E-state index in [0.717, 1.165) is 41.0 Å². The summed E-state index contributed by atoms with van der Waals surface area (Å²) in [6, 6.07) is 20.1. The van der Waals surface area contributed by atoms with E-state index in [0.29, 0.717) is 11.5 Å². The number of imidazole rings is 1. The number of amides is 1. The highest BCUT2D eigenvalue weighted by Crippen LogP contribution is 2.33. The highest BCUT2D eigenvalue weighted by atomic mass is 16.5. The zero-order valence-electron chi connectivity index (χ0n) is 17.3. The van der Waals surface area contributed by atoms with E-state index in [1.807, 2.05) is 43.4 Å². The number of pyridine rings is 1. The van der Waals surface area contributed by atoms with Gasteiger partial charge in [0, 0.05) is 31.6 Å². The summed E-state index contributed by atoms with van der Waals surface area (Å²) in [6.07, 6.45) is 1.74. The molecule has 30 heavy (non-hydrogen) atoms. The first-order chi connectivity index (χ1) is 14.5. The molecule has 1 N–H and O–H groups in total. The first-order valence-corrected chi connectivity index (χ1v) is 9.87. The monoisotopic (exact) mass is 400 g/mol. The lowest BCUT2D eigenvalue weighted by molar-refractivity contribution is -0.114. The molecule has 0 unspecified atom stereocenters. The van der Waals surface area contributed by atoms with Gasteiger partial charge in [-0.1, -0.05) is 42.5 Å². The molecule has 2 heterocycles. The maximum absolute atomic E-state index is 11.4. The highest BCUT2D eigenvalue weighted by molar-refractivity contribution is 5.90. The van der Waals surface area contributed by atoms with Gasteiger partial charge < -0.3 is 14.6 Å². The van der Waals surface area contributed by atoms with Gasteiger partial charge in [0.15, 0.2) is 5.65 Å². The second kappa shape index (κ2) is 8.37. The van der Waals surface area contributed by atoms with E-state index in [1.54, 1.807) is 7.11 Å². The molecule has 6 heteroatoms. The van der Waals surface area contributed by atoms with E-state index in [-0.39, 0.29) is 5.91 Å². The summed E-state index contributed by atoms with van der Waals surface area (Å²) in [7, 11) is 3.62. The van der Waals surface area contributed by atoms with Crippen molar-refractivity contribution in [1.82, 2.24) is 14.5 Å². The Kier molecular flexibility index (Phi) is 5.48. The van der Waals surface area contributed by atoms with E-state index < -0.39 is 0 Å². The zero-order valence-corrected chi connectivity index (χ0v) is 17.3. The molecule has 0 saturated heterocycles. The molecule has 0 aliphatic heterocycles. The molecular formula is C24H24N4O2. The molecule has 0 fully saturated rings. The average molecular weight is 400 g/mol. The Balaban J connectivity index is 1.71. The van der Waals surface area contributed by atoms with Crippen molar-refractivity contribution in [3.63, 3.8) is 0 Å². The van der Waals surface area contributed by atoms with Crippen molar-refractivity contribution in [2.75, 3.05) is 12.4 Å². The SMILES string of the molecule is COc1nc2nc(CCc3ccccc3)n(C)c2cc1-c1cccc(NC(C)=O)c1. The topological polar surface area (TPSA) is 69.0 Å². The highest BCUT2D eigenvalue weighted by Gasteiger charge is 2.16. The third-order valence-corrected chi connectivity index (χ3v) is 5.10. The lowest BCUT2D eigenvalue weighted by Gasteiger charge is -2.10. The molecular weight excluding hydrogens is 376 g/mol. The number of nitrogens with zero attached hydrogens (tertiary/aromatic N) is 3. The Morgan fingerprint density at radius 3 is 2.57 bits per heavy atom. The van der Waals surface area contributed by atoms with Crippen LogP contribution in [-0.2, 0) is 24.7 Å². The lowest BCUT2D eigenvalue weighted by atomic mass is 10.1. The third-order valence-electron chi connectivity index (χ3n) is 5.10. The van der Waals surface area contributed by atoms with Crippen LogP contribution in [0.4, 0.5) is 5.69 Å². The molecule has 0 saturated carbocycles. The largest absolute Gasteiger partial charge is 0.480 e. The molecule has 4 aromatic rings. The zero-order chi connectivity index (χ0) is 21.1. The number of aryl methyl sites for hydroxylation is 3. The first-order valence-electron chi connectivity index (χ1n) is 9.87. The molecule has 0 bridgehead atoms. The maximum atomic E-state index is 11.4. The van der Waals surface area contributed by atoms with Gasteiger partial charge in [0.05, 0.1) is 12.6 Å². The summed E-state index contributed by atoms with van der Waals surface area (Å²) < 4.78 is 7.65. The standard InChI is InChI=1S/C24H24N4O2/c1-16(29)25-19-11-7-10-18(14-19)20-15-21-23(27-24(20)30-3)26-22(28(21)2)13-12-17-8-5-4-6-9-17/h4-11,14-15H,12-13H2,1-3H3,(H,25,29). The summed E-state index contributed by atoms with van der Waals surface area (Å²) in [5, 5.41) is 2.82. The molecule has 152 valence electrons. The minimum Gasteiger partial charge on any atom is -0.480 e. The number of carbonyl (C=O) groups is 1. The summed E-state index contributed by atoms with van der Waals surface area (Å²) >= 11 is 0. The molecule has 0 aliphatic carbocycles. The van der Waals surface area contributed by atoms with Gasteiger partial charge in [-0.05, 0) is 35.7 Å². The smallest absolute Gasteiger partial charge is 0.223 e. The van der Waals surface area contributed by atoms with Gasteiger partial charge in [-0.2, -0.15) is 4.98 Å². The van der Waals surface area contributed by atoms with E-state index in [1.165, 1.54) is 12.5 Å². The van der Waals surface area contributed by atoms with Gasteiger partial charge in [0.1, 0.15) is 5.82 Å². The molecule has 4 rings (SSSR count). The van der Waals surface area contributed by atoms with Crippen LogP contribution in [0.15, 0.2) is 60.7 Å². The number of ether oxygens (including phenoxy) is 1. The predicted octanol–water partition coefficient (Wildman–Crippen LogP) is 4.39. The fourth-order valence-corrected chi connectivity index (χ4v) is 3.60. The van der Waals surface area contributed by atoms with Crippen molar-refractivity contribution in [2.24, 2.45) is 7.05 Å². The predicted molar refractivity (Wildman–Crippen MR) is 119 cm³/mol. The molecule has 2 aromatic heterocycles. The fourth-order valence-electron chi connectivity index (χ4n) is 3.60. The van der Waals surface area contributed by atoms with Crippen molar-refractivity contribution in [3.05, 3.63) is 72.1 Å². The number of rotatable bonds is 6. The minimum atomic E-state index is -0.109. The third kappa shape index (κ3) is 4.03. The summed E-state index contributed by atoms with van der Waals surface area (Å²) in [4.78, 5) is 20.8. The van der Waals surface area contributed by atoms with Crippen LogP contribution < -0.4 is 10.1 Å². The van der Waals surface area contributed by atoms with Gasteiger partial charge in [-0.25, -0.2) is 4.98 Å². The number of aromatic nitrogens is 3. The first kappa shape index (κ1) is 19.6. The van der Waals surface area contributed by atoms with Crippen molar-refractivity contribution in [2.45, 2.75) is 19.8 Å². The summed E-state index contributed by atoms with van der Waals surface area (Å²) in [6.45, 7) is 1.49. The van der Waals surface area contributed by atoms with Gasteiger partial charge in [-0.3, -0.25) is 4.79 Å². The average Bonchev–Trinajstić information content (AvgIpc) is 3.06. The molecule has 0 radical (unpaired) electrons. The summed E-state index contributed by atoms with van der Waals surface area (Å²) in [5.74, 6) is 1.38. The van der Waals surface area contributed by atoms with Crippen molar-refractivity contribution in [3.8, 4) is 17.0 Å². The molecule has 1 amide bonds. The van der Waals surface area contributed by atoms with Gasteiger partial charge in [0.25, 0.3) is 0 Å². The quantitative estimate of drug-likeness (QED) is 0.521. The Morgan fingerprint density at radius 1 is 1.03 bits per heavy atom. The number of hydrogen-bond acceptors (Lipinski definition) is 4. The molecule has 2 aromatic carbocycles. The number of hydrogen-bond donors (Lipinski definition) is 1. The van der Waals surface area contributed by atoms with Crippen molar-refractivity contribution in [1.29, 1.82) is 0 Å². The van der Waals surface area contributed by atoms with Crippen molar-refractivity contribution < 1.29 is 9.53 Å². The minimum absolute atomic E-state index is 0.109. The Labute approximate surface area is 175 Å². The second-order valence-electron chi connectivity index (χ2n) is 7.22. The van der Waals surface area contributed by atoms with Crippen LogP contribution in [0.2, 0.25) is 0 Å². The number of nitrogens with one attached hydrogen (secondary N) is 1. The Hall–Kier alpha value is -3.67. The Morgan fingerprint density at radius 2 is 1.83 bits per heavy atom. The lowest BCUT2D eigenvalue weighted by Crippen LogP contribution is -2.05. The molecule has 0 aliphatic rings. The van der Waals surface area contributed by atoms with Crippen LogP contribution in [0, 0.1) is 0 Å². The van der Waals surface area contributed by atoms with E-state index in [9.17, 15) is 4.79 Å². The molecule has 0 atom stereocenters. The van der Waals surface area contributed by atoms with Crippen LogP contribution >= 0.6 is 0 Å². The number of methoxy groups -OCH3 is 1. The molecule has 6 nitrogen and oxygen atoms in total. The van der Waals surface area contributed by atoms with Crippen LogP contribution in [-0.4, -0.2) is 27.6 Å². The van der Waals surface area contributed by atoms with Crippen LogP contribution in [0.5, 0.6) is 5.88 Å². The van der Waals surface area contributed by atoms with E-state index >= 15 is 0 Å². The number of carbonyl (C=O) groups excluding carboxylic acids is 1. The summed E-state index contributed by atoms with van der Waals surface area (Å²) in [5.41, 5.74) is 5.40. The number of anilines is 1. The van der Waals surface area contributed by atoms with Crippen molar-refractivity contribution >= 4 is 22.8 Å². The van der Waals surface area contributed by atoms with E-state index in [4.69, 9.17) is 9.72 Å². The normalized spacial score (nSPS) is 10.9. The van der Waals surface area contributed by atoms with Gasteiger partial charge in [-0.15, -0.1) is 0 Å². The van der Waals surface area contributed by atoms with E-state index in [2.05, 4.69) is 39.1 Å². The maximum Gasteiger partial charge on any atom is 0.223 e. The number of benzene rings is 2. The fraction of sp³-hybridized carbons (Fsp3) is 0.208.